The van der Waals surface area contributed by atoms with Crippen LogP contribution in [0, 0.1) is 6.92 Å². The number of hydrogen-bond donors (Lipinski definition) is 1. The molecule has 2 heterocycles. The Morgan fingerprint density at radius 2 is 1.92 bits per heavy atom. The van der Waals surface area contributed by atoms with Gasteiger partial charge in [-0.05, 0) is 43.5 Å². The molecule has 1 unspecified atom stereocenters. The van der Waals surface area contributed by atoms with Crippen LogP contribution in [0.5, 0.6) is 0 Å². The van der Waals surface area contributed by atoms with E-state index in [1.165, 1.54) is 0 Å². The highest BCUT2D eigenvalue weighted by Gasteiger charge is 2.53. The molecular formula is C17H18ClF3N2O. The fraction of sp³-hybridized carbons (Fsp3) is 0.471. The molecule has 0 spiro atoms. The molecule has 0 radical (unpaired) electrons. The van der Waals surface area contributed by atoms with Crippen molar-refractivity contribution < 1.29 is 18.3 Å². The highest BCUT2D eigenvalue weighted by Crippen LogP contribution is 2.39. The van der Waals surface area contributed by atoms with Crippen LogP contribution < -0.4 is 4.90 Å². The van der Waals surface area contributed by atoms with E-state index in [1.54, 1.807) is 17.0 Å². The zero-order valence-corrected chi connectivity index (χ0v) is 14.0. The maximum absolute atomic E-state index is 13.0. The third-order valence-electron chi connectivity index (χ3n) is 4.66. The van der Waals surface area contributed by atoms with Gasteiger partial charge in [-0.25, -0.2) is 4.98 Å². The molecule has 2 aromatic rings. The third kappa shape index (κ3) is 3.05. The summed E-state index contributed by atoms with van der Waals surface area (Å²) >= 11 is 6.17. The zero-order valence-electron chi connectivity index (χ0n) is 13.2. The van der Waals surface area contributed by atoms with Gasteiger partial charge in [-0.3, -0.25) is 0 Å². The summed E-state index contributed by atoms with van der Waals surface area (Å²) < 4.78 is 39.1. The standard InChI is InChI=1S/C17H18ClF3N2O/c1-11-3-5-13(18)12-4-6-14(22-15(11)12)23-9-2-7-16(24,8-10-23)17(19,20)21/h3-6,24H,2,7-10H2,1H3. The molecule has 1 N–H and O–H groups in total. The Kier molecular flexibility index (Phi) is 4.38. The second-order valence-electron chi connectivity index (χ2n) is 6.30. The number of halogens is 4. The van der Waals surface area contributed by atoms with E-state index < -0.39 is 11.8 Å². The summed E-state index contributed by atoms with van der Waals surface area (Å²) in [6.07, 6.45) is -5.00. The SMILES string of the molecule is Cc1ccc(Cl)c2ccc(N3CCCC(O)(C(F)(F)F)CC3)nc12. The number of benzene rings is 1. The van der Waals surface area contributed by atoms with Gasteiger partial charge in [0.25, 0.3) is 0 Å². The third-order valence-corrected chi connectivity index (χ3v) is 4.99. The second-order valence-corrected chi connectivity index (χ2v) is 6.71. The Hall–Kier alpha value is -1.53. The maximum Gasteiger partial charge on any atom is 0.417 e. The number of anilines is 1. The molecular weight excluding hydrogens is 341 g/mol. The van der Waals surface area contributed by atoms with Crippen LogP contribution in [-0.2, 0) is 0 Å². The van der Waals surface area contributed by atoms with Gasteiger partial charge in [-0.2, -0.15) is 13.2 Å². The van der Waals surface area contributed by atoms with Gasteiger partial charge in [0, 0.05) is 29.9 Å². The lowest BCUT2D eigenvalue weighted by Crippen LogP contribution is -2.45. The minimum absolute atomic E-state index is 0.105. The summed E-state index contributed by atoms with van der Waals surface area (Å²) in [6, 6.07) is 7.28. The van der Waals surface area contributed by atoms with Crippen molar-refractivity contribution in [3.8, 4) is 0 Å². The van der Waals surface area contributed by atoms with Gasteiger partial charge in [0.15, 0.2) is 5.60 Å². The van der Waals surface area contributed by atoms with Gasteiger partial charge in [0.2, 0.25) is 0 Å². The van der Waals surface area contributed by atoms with Gasteiger partial charge in [0.1, 0.15) is 5.82 Å². The van der Waals surface area contributed by atoms with Gasteiger partial charge >= 0.3 is 6.18 Å². The topological polar surface area (TPSA) is 36.4 Å². The Balaban J connectivity index is 1.90. The molecule has 0 saturated carbocycles. The normalized spacial score (nSPS) is 22.7. The van der Waals surface area contributed by atoms with Crippen LogP contribution in [0.4, 0.5) is 19.0 Å². The van der Waals surface area contributed by atoms with Crippen LogP contribution in [0.3, 0.4) is 0 Å². The number of aryl methyl sites for hydroxylation is 1. The van der Waals surface area contributed by atoms with Crippen molar-refractivity contribution in [2.45, 2.75) is 38.0 Å². The van der Waals surface area contributed by atoms with E-state index in [-0.39, 0.29) is 25.8 Å². The predicted octanol–water partition coefficient (Wildman–Crippen LogP) is 4.48. The van der Waals surface area contributed by atoms with Crippen molar-refractivity contribution in [1.29, 1.82) is 0 Å². The summed E-state index contributed by atoms with van der Waals surface area (Å²) in [5.74, 6) is 0.610. The predicted molar refractivity (Wildman–Crippen MR) is 88.6 cm³/mol. The minimum Gasteiger partial charge on any atom is -0.380 e. The first kappa shape index (κ1) is 17.3. The summed E-state index contributed by atoms with van der Waals surface area (Å²) in [5, 5.41) is 11.3. The van der Waals surface area contributed by atoms with Crippen molar-refractivity contribution in [3.63, 3.8) is 0 Å². The molecule has 1 aromatic carbocycles. The Bertz CT molecular complexity index is 765. The summed E-state index contributed by atoms with van der Waals surface area (Å²) in [4.78, 5) is 6.38. The lowest BCUT2D eigenvalue weighted by atomic mass is 9.94. The van der Waals surface area contributed by atoms with Crippen LogP contribution in [-0.4, -0.2) is 35.0 Å². The molecule has 1 aliphatic heterocycles. The van der Waals surface area contributed by atoms with Crippen LogP contribution >= 0.6 is 11.6 Å². The van der Waals surface area contributed by atoms with E-state index in [4.69, 9.17) is 11.6 Å². The molecule has 1 aromatic heterocycles. The fourth-order valence-electron chi connectivity index (χ4n) is 3.12. The van der Waals surface area contributed by atoms with Crippen molar-refractivity contribution in [2.24, 2.45) is 0 Å². The van der Waals surface area contributed by atoms with Crippen LogP contribution in [0.25, 0.3) is 10.9 Å². The van der Waals surface area contributed by atoms with Crippen molar-refractivity contribution in [2.75, 3.05) is 18.0 Å². The van der Waals surface area contributed by atoms with Crippen molar-refractivity contribution in [3.05, 3.63) is 34.9 Å². The lowest BCUT2D eigenvalue weighted by molar-refractivity contribution is -0.263. The number of fused-ring (bicyclic) bond motifs is 1. The van der Waals surface area contributed by atoms with Gasteiger partial charge in [-0.1, -0.05) is 17.7 Å². The van der Waals surface area contributed by atoms with E-state index in [1.807, 2.05) is 19.1 Å². The van der Waals surface area contributed by atoms with Crippen molar-refractivity contribution >= 4 is 28.3 Å². The van der Waals surface area contributed by atoms with E-state index in [2.05, 4.69) is 4.98 Å². The highest BCUT2D eigenvalue weighted by molar-refractivity contribution is 6.35. The summed E-state index contributed by atoms with van der Waals surface area (Å²) in [6.45, 7) is 2.45. The van der Waals surface area contributed by atoms with Crippen LogP contribution in [0.1, 0.15) is 24.8 Å². The van der Waals surface area contributed by atoms with E-state index in [0.29, 0.717) is 17.4 Å². The Morgan fingerprint density at radius 1 is 1.17 bits per heavy atom. The number of aliphatic hydroxyl groups is 1. The lowest BCUT2D eigenvalue weighted by Gasteiger charge is -2.29. The molecule has 3 nitrogen and oxygen atoms in total. The molecule has 0 aliphatic carbocycles. The van der Waals surface area contributed by atoms with Gasteiger partial charge in [-0.15, -0.1) is 0 Å². The van der Waals surface area contributed by atoms with E-state index in [9.17, 15) is 18.3 Å². The largest absolute Gasteiger partial charge is 0.417 e. The van der Waals surface area contributed by atoms with Crippen LogP contribution in [0.15, 0.2) is 24.3 Å². The smallest absolute Gasteiger partial charge is 0.380 e. The maximum atomic E-state index is 13.0. The molecule has 1 saturated heterocycles. The molecule has 0 bridgehead atoms. The minimum atomic E-state index is -4.61. The molecule has 1 aliphatic rings. The first-order valence-corrected chi connectivity index (χ1v) is 8.19. The van der Waals surface area contributed by atoms with Gasteiger partial charge < -0.3 is 10.0 Å². The van der Waals surface area contributed by atoms with E-state index in [0.717, 1.165) is 16.5 Å². The fourth-order valence-corrected chi connectivity index (χ4v) is 3.33. The van der Waals surface area contributed by atoms with Crippen LogP contribution in [0.2, 0.25) is 5.02 Å². The quantitative estimate of drug-likeness (QED) is 0.816. The first-order chi connectivity index (χ1) is 11.2. The van der Waals surface area contributed by atoms with Gasteiger partial charge in [0.05, 0.1) is 5.52 Å². The zero-order chi connectivity index (χ0) is 17.5. The first-order valence-electron chi connectivity index (χ1n) is 7.81. The monoisotopic (exact) mass is 358 g/mol. The molecule has 130 valence electrons. The average Bonchev–Trinajstić information content (AvgIpc) is 2.73. The molecule has 0 amide bonds. The molecule has 24 heavy (non-hydrogen) atoms. The molecule has 1 fully saturated rings. The highest BCUT2D eigenvalue weighted by atomic mass is 35.5. The number of pyridine rings is 1. The van der Waals surface area contributed by atoms with Crippen molar-refractivity contribution in [1.82, 2.24) is 4.98 Å². The average molecular weight is 359 g/mol. The number of nitrogens with zero attached hydrogens (tertiary/aromatic N) is 2. The summed E-state index contributed by atoms with van der Waals surface area (Å²) in [7, 11) is 0. The van der Waals surface area contributed by atoms with E-state index >= 15 is 0 Å². The second kappa shape index (κ2) is 6.08. The summed E-state index contributed by atoms with van der Waals surface area (Å²) in [5.41, 5.74) is -0.911. The number of hydrogen-bond acceptors (Lipinski definition) is 3. The number of alkyl halides is 3. The Morgan fingerprint density at radius 3 is 2.62 bits per heavy atom. The number of rotatable bonds is 1. The molecule has 3 rings (SSSR count). The Labute approximate surface area is 143 Å². The number of aromatic nitrogens is 1. The molecule has 1 atom stereocenters. The molecule has 7 heteroatoms.